The van der Waals surface area contributed by atoms with Crippen LogP contribution in [0.1, 0.15) is 65.1 Å². The van der Waals surface area contributed by atoms with Gasteiger partial charge in [0.05, 0.1) is 0 Å². The van der Waals surface area contributed by atoms with Crippen LogP contribution in [-0.4, -0.2) is 4.98 Å². The van der Waals surface area contributed by atoms with Crippen molar-refractivity contribution in [2.75, 3.05) is 0 Å². The standard InChI is InChI=1S/C19H27N/c1-18(2,3)15-9-7-8-14(12-15)17-13-16(10-11-20-17)19(4,5)6/h7,9-14H,8H2,1-6H3. The zero-order valence-corrected chi connectivity index (χ0v) is 13.7. The molecule has 0 saturated carbocycles. The normalized spacial score (nSPS) is 19.9. The fourth-order valence-corrected chi connectivity index (χ4v) is 2.51. The van der Waals surface area contributed by atoms with Crippen LogP contribution in [0, 0.1) is 5.41 Å². The van der Waals surface area contributed by atoms with Gasteiger partial charge in [-0.15, -0.1) is 0 Å². The van der Waals surface area contributed by atoms with Crippen LogP contribution in [-0.2, 0) is 5.41 Å². The van der Waals surface area contributed by atoms with Gasteiger partial charge in [0.2, 0.25) is 0 Å². The van der Waals surface area contributed by atoms with Crippen molar-refractivity contribution in [3.8, 4) is 0 Å². The lowest BCUT2D eigenvalue weighted by atomic mass is 9.79. The smallest absolute Gasteiger partial charge is 0.0478 e. The topological polar surface area (TPSA) is 12.9 Å². The van der Waals surface area contributed by atoms with E-state index in [-0.39, 0.29) is 10.8 Å². The molecule has 0 aromatic carbocycles. The molecule has 0 fully saturated rings. The Kier molecular flexibility index (Phi) is 3.90. The minimum Gasteiger partial charge on any atom is -0.261 e. The van der Waals surface area contributed by atoms with Crippen molar-refractivity contribution in [1.29, 1.82) is 0 Å². The summed E-state index contributed by atoms with van der Waals surface area (Å²) < 4.78 is 0. The number of nitrogens with zero attached hydrogens (tertiary/aromatic N) is 1. The minimum absolute atomic E-state index is 0.179. The monoisotopic (exact) mass is 269 g/mol. The van der Waals surface area contributed by atoms with Gasteiger partial charge >= 0.3 is 0 Å². The Morgan fingerprint density at radius 1 is 1.05 bits per heavy atom. The Morgan fingerprint density at radius 2 is 1.75 bits per heavy atom. The molecule has 0 aliphatic heterocycles. The van der Waals surface area contributed by atoms with Crippen LogP contribution >= 0.6 is 0 Å². The van der Waals surface area contributed by atoms with E-state index in [1.807, 2.05) is 6.20 Å². The summed E-state index contributed by atoms with van der Waals surface area (Å²) in [5, 5.41) is 0. The molecule has 1 aromatic heterocycles. The fourth-order valence-electron chi connectivity index (χ4n) is 2.51. The maximum absolute atomic E-state index is 4.61. The van der Waals surface area contributed by atoms with Crippen LogP contribution < -0.4 is 0 Å². The Bertz CT molecular complexity index is 536. The molecule has 0 radical (unpaired) electrons. The Labute approximate surface area is 123 Å². The summed E-state index contributed by atoms with van der Waals surface area (Å²) >= 11 is 0. The molecular weight excluding hydrogens is 242 g/mol. The molecular formula is C19H27N. The summed E-state index contributed by atoms with van der Waals surface area (Å²) in [6, 6.07) is 4.41. The lowest BCUT2D eigenvalue weighted by Gasteiger charge is -2.26. The molecule has 1 heterocycles. The Hall–Kier alpha value is -1.37. The van der Waals surface area contributed by atoms with Gasteiger partial charge < -0.3 is 0 Å². The van der Waals surface area contributed by atoms with E-state index in [1.54, 1.807) is 0 Å². The van der Waals surface area contributed by atoms with E-state index in [0.29, 0.717) is 5.92 Å². The molecule has 1 aliphatic rings. The van der Waals surface area contributed by atoms with E-state index in [2.05, 4.69) is 76.9 Å². The van der Waals surface area contributed by atoms with E-state index in [1.165, 1.54) is 16.8 Å². The second-order valence-electron chi connectivity index (χ2n) is 7.84. The van der Waals surface area contributed by atoms with Gasteiger partial charge in [-0.2, -0.15) is 0 Å². The van der Waals surface area contributed by atoms with Gasteiger partial charge in [-0.3, -0.25) is 4.98 Å². The number of aromatic nitrogens is 1. The number of hydrogen-bond acceptors (Lipinski definition) is 1. The summed E-state index contributed by atoms with van der Waals surface area (Å²) in [6.07, 6.45) is 9.97. The second kappa shape index (κ2) is 5.20. The first-order chi connectivity index (χ1) is 9.18. The highest BCUT2D eigenvalue weighted by atomic mass is 14.7. The van der Waals surface area contributed by atoms with Crippen LogP contribution in [0.2, 0.25) is 0 Å². The highest BCUT2D eigenvalue weighted by molar-refractivity contribution is 5.35. The zero-order chi connectivity index (χ0) is 15.0. The van der Waals surface area contributed by atoms with Gasteiger partial charge in [0, 0.05) is 17.8 Å². The van der Waals surface area contributed by atoms with Crippen molar-refractivity contribution < 1.29 is 0 Å². The molecule has 0 saturated heterocycles. The summed E-state index contributed by atoms with van der Waals surface area (Å²) in [5.41, 5.74) is 4.36. The molecule has 2 rings (SSSR count). The molecule has 0 bridgehead atoms. The van der Waals surface area contributed by atoms with Crippen LogP contribution in [0.25, 0.3) is 0 Å². The number of rotatable bonds is 1. The molecule has 1 aromatic rings. The average Bonchev–Trinajstić information content (AvgIpc) is 2.37. The SMILES string of the molecule is CC(C)(C)C1=CC(c2cc(C(C)(C)C)ccn2)CC=C1. The van der Waals surface area contributed by atoms with Gasteiger partial charge in [-0.05, 0) is 40.5 Å². The molecule has 0 spiro atoms. The largest absolute Gasteiger partial charge is 0.261 e. The van der Waals surface area contributed by atoms with Gasteiger partial charge in [0.15, 0.2) is 0 Å². The molecule has 1 heteroatoms. The van der Waals surface area contributed by atoms with E-state index < -0.39 is 0 Å². The van der Waals surface area contributed by atoms with Gasteiger partial charge in [0.1, 0.15) is 0 Å². The predicted octanol–water partition coefficient (Wildman–Crippen LogP) is 5.40. The van der Waals surface area contributed by atoms with E-state index in [0.717, 1.165) is 6.42 Å². The molecule has 20 heavy (non-hydrogen) atoms. The van der Waals surface area contributed by atoms with Gasteiger partial charge in [-0.1, -0.05) is 59.8 Å². The maximum atomic E-state index is 4.61. The Balaban J connectivity index is 2.34. The average molecular weight is 269 g/mol. The predicted molar refractivity (Wildman–Crippen MR) is 87.0 cm³/mol. The van der Waals surface area contributed by atoms with Crippen LogP contribution in [0.4, 0.5) is 0 Å². The first kappa shape index (κ1) is 15.0. The van der Waals surface area contributed by atoms with Crippen molar-refractivity contribution in [1.82, 2.24) is 4.98 Å². The molecule has 108 valence electrons. The van der Waals surface area contributed by atoms with Gasteiger partial charge in [0.25, 0.3) is 0 Å². The third kappa shape index (κ3) is 3.39. The van der Waals surface area contributed by atoms with E-state index in [4.69, 9.17) is 0 Å². The van der Waals surface area contributed by atoms with E-state index >= 15 is 0 Å². The maximum Gasteiger partial charge on any atom is 0.0478 e. The molecule has 1 aliphatic carbocycles. The van der Waals surface area contributed by atoms with Crippen LogP contribution in [0.5, 0.6) is 0 Å². The van der Waals surface area contributed by atoms with Crippen LogP contribution in [0.15, 0.2) is 42.1 Å². The molecule has 1 atom stereocenters. The third-order valence-corrected chi connectivity index (χ3v) is 3.96. The molecule has 0 amide bonds. The van der Waals surface area contributed by atoms with Crippen molar-refractivity contribution in [2.24, 2.45) is 5.41 Å². The molecule has 1 nitrogen and oxygen atoms in total. The second-order valence-corrected chi connectivity index (χ2v) is 7.84. The Morgan fingerprint density at radius 3 is 2.35 bits per heavy atom. The molecule has 1 unspecified atom stereocenters. The summed E-state index contributed by atoms with van der Waals surface area (Å²) in [7, 11) is 0. The first-order valence-electron chi connectivity index (χ1n) is 7.53. The van der Waals surface area contributed by atoms with Crippen molar-refractivity contribution >= 4 is 0 Å². The zero-order valence-electron chi connectivity index (χ0n) is 13.7. The van der Waals surface area contributed by atoms with Crippen molar-refractivity contribution in [3.63, 3.8) is 0 Å². The summed E-state index contributed by atoms with van der Waals surface area (Å²) in [4.78, 5) is 4.61. The summed E-state index contributed by atoms with van der Waals surface area (Å²) in [5.74, 6) is 0.413. The van der Waals surface area contributed by atoms with Crippen LogP contribution in [0.3, 0.4) is 0 Å². The number of hydrogen-bond donors (Lipinski definition) is 0. The number of pyridine rings is 1. The third-order valence-electron chi connectivity index (χ3n) is 3.96. The number of allylic oxidation sites excluding steroid dienone is 4. The lowest BCUT2D eigenvalue weighted by molar-refractivity contribution is 0.508. The van der Waals surface area contributed by atoms with Gasteiger partial charge in [-0.25, -0.2) is 0 Å². The van der Waals surface area contributed by atoms with Crippen molar-refractivity contribution in [2.45, 2.75) is 59.3 Å². The summed E-state index contributed by atoms with van der Waals surface area (Å²) in [6.45, 7) is 13.6. The quantitative estimate of drug-likeness (QED) is 0.665. The molecule has 0 N–H and O–H groups in total. The minimum atomic E-state index is 0.179. The van der Waals surface area contributed by atoms with E-state index in [9.17, 15) is 0 Å². The highest BCUT2D eigenvalue weighted by Crippen LogP contribution is 2.35. The van der Waals surface area contributed by atoms with Crippen molar-refractivity contribution in [3.05, 3.63) is 53.4 Å². The lowest BCUT2D eigenvalue weighted by Crippen LogP contribution is -2.14. The first-order valence-corrected chi connectivity index (χ1v) is 7.53. The highest BCUT2D eigenvalue weighted by Gasteiger charge is 2.22. The fraction of sp³-hybridized carbons (Fsp3) is 0.526.